The number of carbonyl (C=O) groups is 2. The maximum atomic E-state index is 12.7. The molecule has 1 saturated heterocycles. The van der Waals surface area contributed by atoms with E-state index in [1.807, 2.05) is 58.0 Å². The molecular formula is C18H26N2O2S. The van der Waals surface area contributed by atoms with Gasteiger partial charge in [0.2, 0.25) is 11.8 Å². The maximum absolute atomic E-state index is 12.7. The van der Waals surface area contributed by atoms with Gasteiger partial charge in [0.15, 0.2) is 0 Å². The normalized spacial score (nSPS) is 22.2. The minimum atomic E-state index is -0.394. The minimum Gasteiger partial charge on any atom is -0.352 e. The highest BCUT2D eigenvalue weighted by Gasteiger charge is 2.42. The summed E-state index contributed by atoms with van der Waals surface area (Å²) >= 11 is 1.66. The number of rotatable bonds is 5. The zero-order valence-corrected chi connectivity index (χ0v) is 15.1. The largest absolute Gasteiger partial charge is 0.352 e. The van der Waals surface area contributed by atoms with Gasteiger partial charge in [0, 0.05) is 17.7 Å². The lowest BCUT2D eigenvalue weighted by Gasteiger charge is -2.31. The number of thioether (sulfide) groups is 1. The predicted octanol–water partition coefficient (Wildman–Crippen LogP) is 3.20. The van der Waals surface area contributed by atoms with Gasteiger partial charge in [0.25, 0.3) is 0 Å². The summed E-state index contributed by atoms with van der Waals surface area (Å²) in [5.41, 5.74) is 1.07. The molecule has 0 spiro atoms. The number of carbonyl (C=O) groups excluding carboxylic acids is 2. The van der Waals surface area contributed by atoms with Crippen LogP contribution >= 0.6 is 11.8 Å². The molecule has 1 aliphatic heterocycles. The number of hydrogen-bond donors (Lipinski definition) is 1. The zero-order valence-electron chi connectivity index (χ0n) is 14.3. The third-order valence-electron chi connectivity index (χ3n) is 4.14. The van der Waals surface area contributed by atoms with Crippen molar-refractivity contribution in [3.63, 3.8) is 0 Å². The summed E-state index contributed by atoms with van der Waals surface area (Å²) in [5.74, 6) is 0.506. The summed E-state index contributed by atoms with van der Waals surface area (Å²) in [5, 5.41) is 2.94. The Morgan fingerprint density at radius 3 is 2.48 bits per heavy atom. The first-order valence-corrected chi connectivity index (χ1v) is 9.29. The molecule has 23 heavy (non-hydrogen) atoms. The molecule has 3 atom stereocenters. The van der Waals surface area contributed by atoms with Crippen LogP contribution in [-0.2, 0) is 9.59 Å². The first-order valence-electron chi connectivity index (χ1n) is 8.24. The average molecular weight is 334 g/mol. The van der Waals surface area contributed by atoms with E-state index in [2.05, 4.69) is 5.32 Å². The van der Waals surface area contributed by atoms with Crippen LogP contribution in [0.25, 0.3) is 0 Å². The van der Waals surface area contributed by atoms with E-state index in [0.717, 1.165) is 12.0 Å². The standard InChI is InChI=1S/C18H26N2O2S/c1-5-13(4)19-16(21)15-11-23-18(14-9-7-6-8-10-14)20(15)17(22)12(2)3/h6-10,12-13,15,18H,5,11H2,1-4H3,(H,19,21)/t13-,15-,18+/m0/s1. The van der Waals surface area contributed by atoms with Gasteiger partial charge in [0.1, 0.15) is 11.4 Å². The Bertz CT molecular complexity index is 547. The van der Waals surface area contributed by atoms with Crippen molar-refractivity contribution in [2.45, 2.75) is 51.6 Å². The summed E-state index contributed by atoms with van der Waals surface area (Å²) in [4.78, 5) is 27.1. The van der Waals surface area contributed by atoms with E-state index in [9.17, 15) is 9.59 Å². The minimum absolute atomic E-state index is 0.0353. The first kappa shape index (κ1) is 17.9. The van der Waals surface area contributed by atoms with Crippen LogP contribution in [0, 0.1) is 5.92 Å². The maximum Gasteiger partial charge on any atom is 0.243 e. The van der Waals surface area contributed by atoms with Crippen molar-refractivity contribution < 1.29 is 9.59 Å². The number of nitrogens with one attached hydrogen (secondary N) is 1. The second-order valence-corrected chi connectivity index (χ2v) is 7.44. The molecule has 1 aromatic carbocycles. The Hall–Kier alpha value is -1.49. The molecule has 1 heterocycles. The Balaban J connectivity index is 2.25. The zero-order chi connectivity index (χ0) is 17.0. The van der Waals surface area contributed by atoms with Crippen LogP contribution in [0.4, 0.5) is 0 Å². The van der Waals surface area contributed by atoms with Crippen LogP contribution in [0.2, 0.25) is 0 Å². The second-order valence-electron chi connectivity index (χ2n) is 6.33. The molecule has 0 aliphatic carbocycles. The Morgan fingerprint density at radius 1 is 1.26 bits per heavy atom. The van der Waals surface area contributed by atoms with E-state index in [1.165, 1.54) is 0 Å². The highest BCUT2D eigenvalue weighted by molar-refractivity contribution is 7.99. The van der Waals surface area contributed by atoms with Crippen LogP contribution in [0.15, 0.2) is 30.3 Å². The number of amides is 2. The number of hydrogen-bond acceptors (Lipinski definition) is 3. The summed E-state index contributed by atoms with van der Waals surface area (Å²) in [6.45, 7) is 7.80. The number of nitrogens with zero attached hydrogens (tertiary/aromatic N) is 1. The van der Waals surface area contributed by atoms with Gasteiger partial charge in [0.05, 0.1) is 0 Å². The van der Waals surface area contributed by atoms with E-state index in [4.69, 9.17) is 0 Å². The molecule has 0 unspecified atom stereocenters. The molecule has 1 aliphatic rings. The summed E-state index contributed by atoms with van der Waals surface area (Å²) in [7, 11) is 0. The molecule has 1 N–H and O–H groups in total. The van der Waals surface area contributed by atoms with Crippen molar-refractivity contribution in [2.75, 3.05) is 5.75 Å². The predicted molar refractivity (Wildman–Crippen MR) is 95.0 cm³/mol. The van der Waals surface area contributed by atoms with Crippen LogP contribution in [0.1, 0.15) is 45.1 Å². The summed E-state index contributed by atoms with van der Waals surface area (Å²) in [6.07, 6.45) is 0.881. The lowest BCUT2D eigenvalue weighted by Crippen LogP contribution is -2.50. The van der Waals surface area contributed by atoms with E-state index in [-0.39, 0.29) is 29.1 Å². The highest BCUT2D eigenvalue weighted by atomic mass is 32.2. The third kappa shape index (κ3) is 4.08. The molecule has 1 aromatic rings. The van der Waals surface area contributed by atoms with Gasteiger partial charge in [-0.3, -0.25) is 9.59 Å². The van der Waals surface area contributed by atoms with E-state index >= 15 is 0 Å². The molecule has 126 valence electrons. The van der Waals surface area contributed by atoms with Gasteiger partial charge in [-0.15, -0.1) is 11.8 Å². The van der Waals surface area contributed by atoms with Crippen molar-refractivity contribution in [1.82, 2.24) is 10.2 Å². The molecule has 0 radical (unpaired) electrons. The monoisotopic (exact) mass is 334 g/mol. The van der Waals surface area contributed by atoms with Gasteiger partial charge in [-0.2, -0.15) is 0 Å². The third-order valence-corrected chi connectivity index (χ3v) is 5.46. The average Bonchev–Trinajstić information content (AvgIpc) is 2.99. The molecule has 4 nitrogen and oxygen atoms in total. The molecular weight excluding hydrogens is 308 g/mol. The molecule has 2 rings (SSSR count). The molecule has 0 aromatic heterocycles. The van der Waals surface area contributed by atoms with Crippen LogP contribution in [0.5, 0.6) is 0 Å². The molecule has 5 heteroatoms. The SMILES string of the molecule is CC[C@H](C)NC(=O)[C@@H]1CS[C@H](c2ccccc2)N1C(=O)C(C)C. The van der Waals surface area contributed by atoms with Gasteiger partial charge in [-0.25, -0.2) is 0 Å². The van der Waals surface area contributed by atoms with Crippen LogP contribution in [0.3, 0.4) is 0 Å². The van der Waals surface area contributed by atoms with Crippen molar-refractivity contribution in [2.24, 2.45) is 5.92 Å². The van der Waals surface area contributed by atoms with Crippen LogP contribution < -0.4 is 5.32 Å². The summed E-state index contributed by atoms with van der Waals surface area (Å²) in [6, 6.07) is 9.68. The molecule has 2 amide bonds. The van der Waals surface area contributed by atoms with Crippen molar-refractivity contribution in [1.29, 1.82) is 0 Å². The lowest BCUT2D eigenvalue weighted by molar-refractivity contribution is -0.142. The Kier molecular flexibility index (Phi) is 6.10. The van der Waals surface area contributed by atoms with Gasteiger partial charge >= 0.3 is 0 Å². The fraction of sp³-hybridized carbons (Fsp3) is 0.556. The lowest BCUT2D eigenvalue weighted by atomic mass is 10.1. The smallest absolute Gasteiger partial charge is 0.243 e. The number of benzene rings is 1. The van der Waals surface area contributed by atoms with Gasteiger partial charge in [-0.05, 0) is 18.9 Å². The quantitative estimate of drug-likeness (QED) is 0.899. The fourth-order valence-electron chi connectivity index (χ4n) is 2.59. The van der Waals surface area contributed by atoms with Crippen molar-refractivity contribution >= 4 is 23.6 Å². The highest BCUT2D eigenvalue weighted by Crippen LogP contribution is 2.42. The van der Waals surface area contributed by atoms with Crippen molar-refractivity contribution in [3.8, 4) is 0 Å². The Morgan fingerprint density at radius 2 is 1.91 bits per heavy atom. The van der Waals surface area contributed by atoms with Gasteiger partial charge in [-0.1, -0.05) is 51.1 Å². The topological polar surface area (TPSA) is 49.4 Å². The van der Waals surface area contributed by atoms with Crippen molar-refractivity contribution in [3.05, 3.63) is 35.9 Å². The van der Waals surface area contributed by atoms with E-state index in [1.54, 1.807) is 16.7 Å². The van der Waals surface area contributed by atoms with E-state index in [0.29, 0.717) is 5.75 Å². The second kappa shape index (κ2) is 7.86. The molecule has 0 bridgehead atoms. The van der Waals surface area contributed by atoms with Crippen LogP contribution in [-0.4, -0.2) is 34.6 Å². The molecule has 0 saturated carbocycles. The Labute approximate surface area is 143 Å². The fourth-order valence-corrected chi connectivity index (χ4v) is 4.03. The molecule has 1 fully saturated rings. The first-order chi connectivity index (χ1) is 11.0. The summed E-state index contributed by atoms with van der Waals surface area (Å²) < 4.78 is 0. The van der Waals surface area contributed by atoms with Gasteiger partial charge < -0.3 is 10.2 Å². The van der Waals surface area contributed by atoms with E-state index < -0.39 is 6.04 Å².